The summed E-state index contributed by atoms with van der Waals surface area (Å²) >= 11 is 0. The second-order valence-corrected chi connectivity index (χ2v) is 3.65. The minimum Gasteiger partial charge on any atom is -0.346 e. The first-order chi connectivity index (χ1) is 7.84. The number of aryl methyl sites for hydroxylation is 1. The van der Waals surface area contributed by atoms with Crippen LogP contribution in [0.2, 0.25) is 0 Å². The fourth-order valence-electron chi connectivity index (χ4n) is 1.80. The number of aromatic nitrogens is 4. The third-order valence-electron chi connectivity index (χ3n) is 2.52. The van der Waals surface area contributed by atoms with E-state index >= 15 is 0 Å². The first kappa shape index (κ1) is 9.03. The van der Waals surface area contributed by atoms with Crippen molar-refractivity contribution in [1.29, 1.82) is 0 Å². The maximum Gasteiger partial charge on any atom is 0.141 e. The van der Waals surface area contributed by atoms with Crippen LogP contribution in [0.3, 0.4) is 0 Å². The molecule has 16 heavy (non-hydrogen) atoms. The highest BCUT2D eigenvalue weighted by Gasteiger charge is 2.06. The number of aromatic amines is 1. The third kappa shape index (κ3) is 1.35. The molecule has 0 amide bonds. The molecule has 78 valence electrons. The second kappa shape index (κ2) is 3.41. The Bertz CT molecular complexity index is 642. The van der Waals surface area contributed by atoms with Crippen LogP contribution in [0.15, 0.2) is 36.9 Å². The molecule has 0 radical (unpaired) electrons. The SMILES string of the molecule is Cc1cc(-c2ncnc3[nH]ccc23)ccn1. The van der Waals surface area contributed by atoms with Crippen LogP contribution in [0.1, 0.15) is 5.69 Å². The molecule has 0 atom stereocenters. The zero-order chi connectivity index (χ0) is 11.0. The van der Waals surface area contributed by atoms with E-state index < -0.39 is 0 Å². The van der Waals surface area contributed by atoms with Gasteiger partial charge in [-0.25, -0.2) is 9.97 Å². The van der Waals surface area contributed by atoms with E-state index in [1.807, 2.05) is 31.3 Å². The molecule has 0 aliphatic rings. The molecule has 0 spiro atoms. The number of pyridine rings is 1. The monoisotopic (exact) mass is 210 g/mol. The quantitative estimate of drug-likeness (QED) is 0.670. The molecule has 0 unspecified atom stereocenters. The average molecular weight is 210 g/mol. The lowest BCUT2D eigenvalue weighted by molar-refractivity contribution is 1.18. The topological polar surface area (TPSA) is 54.5 Å². The summed E-state index contributed by atoms with van der Waals surface area (Å²) in [5.41, 5.74) is 3.86. The molecule has 0 fully saturated rings. The van der Waals surface area contributed by atoms with Crippen molar-refractivity contribution in [3.05, 3.63) is 42.6 Å². The van der Waals surface area contributed by atoms with E-state index in [1.165, 1.54) is 0 Å². The lowest BCUT2D eigenvalue weighted by atomic mass is 10.1. The highest BCUT2D eigenvalue weighted by molar-refractivity contribution is 5.90. The Balaban J connectivity index is 2.29. The molecule has 4 heteroatoms. The molecule has 0 aliphatic heterocycles. The van der Waals surface area contributed by atoms with Crippen molar-refractivity contribution in [3.63, 3.8) is 0 Å². The first-order valence-corrected chi connectivity index (χ1v) is 5.06. The summed E-state index contributed by atoms with van der Waals surface area (Å²) in [4.78, 5) is 15.8. The van der Waals surface area contributed by atoms with Crippen molar-refractivity contribution < 1.29 is 0 Å². The van der Waals surface area contributed by atoms with Gasteiger partial charge in [-0.05, 0) is 25.1 Å². The molecule has 0 aromatic carbocycles. The Morgan fingerprint density at radius 1 is 1.12 bits per heavy atom. The molecule has 0 aliphatic carbocycles. The summed E-state index contributed by atoms with van der Waals surface area (Å²) in [6, 6.07) is 5.97. The number of hydrogen-bond acceptors (Lipinski definition) is 3. The standard InChI is InChI=1S/C12H10N4/c1-8-6-9(2-4-13-8)11-10-3-5-14-12(10)16-7-15-11/h2-7H,1H3,(H,14,15,16). The van der Waals surface area contributed by atoms with Crippen LogP contribution in [0.4, 0.5) is 0 Å². The molecule has 0 saturated carbocycles. The first-order valence-electron chi connectivity index (χ1n) is 5.06. The van der Waals surface area contributed by atoms with E-state index in [0.29, 0.717) is 0 Å². The summed E-state index contributed by atoms with van der Waals surface area (Å²) < 4.78 is 0. The molecule has 3 aromatic rings. The van der Waals surface area contributed by atoms with Crippen molar-refractivity contribution in [3.8, 4) is 11.3 Å². The van der Waals surface area contributed by atoms with Gasteiger partial charge in [-0.15, -0.1) is 0 Å². The molecule has 0 bridgehead atoms. The normalized spacial score (nSPS) is 10.8. The predicted octanol–water partition coefficient (Wildman–Crippen LogP) is 2.33. The van der Waals surface area contributed by atoms with Crippen LogP contribution in [0, 0.1) is 6.92 Å². The molecule has 4 nitrogen and oxygen atoms in total. The largest absolute Gasteiger partial charge is 0.346 e. The minimum atomic E-state index is 0.861. The number of hydrogen-bond donors (Lipinski definition) is 1. The smallest absolute Gasteiger partial charge is 0.141 e. The van der Waals surface area contributed by atoms with Gasteiger partial charge in [0.25, 0.3) is 0 Å². The van der Waals surface area contributed by atoms with E-state index in [1.54, 1.807) is 12.5 Å². The van der Waals surface area contributed by atoms with Crippen molar-refractivity contribution in [2.24, 2.45) is 0 Å². The van der Waals surface area contributed by atoms with Crippen LogP contribution in [0.5, 0.6) is 0 Å². The molecular weight excluding hydrogens is 200 g/mol. The van der Waals surface area contributed by atoms with Gasteiger partial charge < -0.3 is 4.98 Å². The van der Waals surface area contributed by atoms with E-state index in [9.17, 15) is 0 Å². The van der Waals surface area contributed by atoms with Gasteiger partial charge in [-0.2, -0.15) is 0 Å². The highest BCUT2D eigenvalue weighted by Crippen LogP contribution is 2.24. The van der Waals surface area contributed by atoms with E-state index in [2.05, 4.69) is 19.9 Å². The second-order valence-electron chi connectivity index (χ2n) is 3.65. The van der Waals surface area contributed by atoms with Crippen molar-refractivity contribution in [2.45, 2.75) is 6.92 Å². The Morgan fingerprint density at radius 2 is 2.06 bits per heavy atom. The van der Waals surface area contributed by atoms with Gasteiger partial charge in [0.2, 0.25) is 0 Å². The van der Waals surface area contributed by atoms with Gasteiger partial charge in [0.1, 0.15) is 12.0 Å². The maximum absolute atomic E-state index is 4.33. The molecule has 1 N–H and O–H groups in total. The maximum atomic E-state index is 4.33. The van der Waals surface area contributed by atoms with Gasteiger partial charge >= 0.3 is 0 Å². The summed E-state index contributed by atoms with van der Waals surface area (Å²) in [7, 11) is 0. The number of H-pyrrole nitrogens is 1. The predicted molar refractivity (Wildman–Crippen MR) is 61.9 cm³/mol. The Morgan fingerprint density at radius 3 is 2.94 bits per heavy atom. The number of nitrogens with zero attached hydrogens (tertiary/aromatic N) is 3. The summed E-state index contributed by atoms with van der Waals surface area (Å²) in [5, 5.41) is 1.04. The van der Waals surface area contributed by atoms with E-state index in [-0.39, 0.29) is 0 Å². The molecular formula is C12H10N4. The number of fused-ring (bicyclic) bond motifs is 1. The number of nitrogens with one attached hydrogen (secondary N) is 1. The van der Waals surface area contributed by atoms with Crippen LogP contribution in [0.25, 0.3) is 22.3 Å². The van der Waals surface area contributed by atoms with Crippen molar-refractivity contribution >= 4 is 11.0 Å². The lowest BCUT2D eigenvalue weighted by Crippen LogP contribution is -1.88. The summed E-state index contributed by atoms with van der Waals surface area (Å²) in [6.45, 7) is 1.97. The highest BCUT2D eigenvalue weighted by atomic mass is 14.9. The summed E-state index contributed by atoms with van der Waals surface area (Å²) in [5.74, 6) is 0. The molecule has 3 rings (SSSR count). The molecule has 3 aromatic heterocycles. The van der Waals surface area contributed by atoms with Crippen LogP contribution in [-0.4, -0.2) is 19.9 Å². The lowest BCUT2D eigenvalue weighted by Gasteiger charge is -2.02. The summed E-state index contributed by atoms with van der Waals surface area (Å²) in [6.07, 6.45) is 5.24. The minimum absolute atomic E-state index is 0.861. The average Bonchev–Trinajstić information content (AvgIpc) is 2.76. The van der Waals surface area contributed by atoms with Crippen molar-refractivity contribution in [2.75, 3.05) is 0 Å². The van der Waals surface area contributed by atoms with Gasteiger partial charge in [-0.1, -0.05) is 0 Å². The third-order valence-corrected chi connectivity index (χ3v) is 2.52. The van der Waals surface area contributed by atoms with Crippen molar-refractivity contribution in [1.82, 2.24) is 19.9 Å². The van der Waals surface area contributed by atoms with Gasteiger partial charge in [0, 0.05) is 29.0 Å². The Kier molecular flexibility index (Phi) is 1.93. The van der Waals surface area contributed by atoms with E-state index in [4.69, 9.17) is 0 Å². The van der Waals surface area contributed by atoms with Gasteiger partial charge in [0.05, 0.1) is 5.69 Å². The number of rotatable bonds is 1. The van der Waals surface area contributed by atoms with Crippen LogP contribution >= 0.6 is 0 Å². The molecule has 3 heterocycles. The Labute approximate surface area is 92.4 Å². The van der Waals surface area contributed by atoms with Crippen LogP contribution in [-0.2, 0) is 0 Å². The zero-order valence-corrected chi connectivity index (χ0v) is 8.81. The van der Waals surface area contributed by atoms with Gasteiger partial charge in [0.15, 0.2) is 0 Å². The Hall–Kier alpha value is -2.23. The molecule has 0 saturated heterocycles. The fraction of sp³-hybridized carbons (Fsp3) is 0.0833. The van der Waals surface area contributed by atoms with Crippen LogP contribution < -0.4 is 0 Å². The van der Waals surface area contributed by atoms with E-state index in [0.717, 1.165) is 28.0 Å². The van der Waals surface area contributed by atoms with Gasteiger partial charge in [-0.3, -0.25) is 4.98 Å². The fourth-order valence-corrected chi connectivity index (χ4v) is 1.80. The zero-order valence-electron chi connectivity index (χ0n) is 8.81.